The lowest BCUT2D eigenvalue weighted by Crippen LogP contribution is -2.42. The standard InChI is InChI=1S/C26H28N4O4/c1-17-6-4-7-18(2)22(17)30-24-23(25(31)29(26(30)32)15-21-8-5-13-34-21)28(16-27-24)14-19-9-11-20(33-3)12-10-19/h4,6-7,9-12,16,21H,5,8,13-15H2,1-3H3/t21-/m1/s1. The lowest BCUT2D eigenvalue weighted by atomic mass is 10.1. The first-order valence-corrected chi connectivity index (χ1v) is 11.5. The van der Waals surface area contributed by atoms with Crippen LogP contribution in [0.1, 0.15) is 29.5 Å². The zero-order valence-corrected chi connectivity index (χ0v) is 19.7. The summed E-state index contributed by atoms with van der Waals surface area (Å²) in [7, 11) is 1.63. The van der Waals surface area contributed by atoms with Gasteiger partial charge < -0.3 is 14.0 Å². The molecule has 0 N–H and O–H groups in total. The molecule has 1 fully saturated rings. The second-order valence-electron chi connectivity index (χ2n) is 8.80. The molecule has 34 heavy (non-hydrogen) atoms. The van der Waals surface area contributed by atoms with Gasteiger partial charge in [0.2, 0.25) is 0 Å². The molecule has 5 rings (SSSR count). The maximum atomic E-state index is 13.7. The van der Waals surface area contributed by atoms with Gasteiger partial charge in [-0.2, -0.15) is 0 Å². The molecule has 8 heteroatoms. The third kappa shape index (κ3) is 3.84. The summed E-state index contributed by atoms with van der Waals surface area (Å²) in [5.41, 5.74) is 3.67. The van der Waals surface area contributed by atoms with Gasteiger partial charge in [0.25, 0.3) is 5.56 Å². The molecule has 0 amide bonds. The molecule has 4 aromatic rings. The Kier molecular flexibility index (Phi) is 5.83. The molecule has 0 spiro atoms. The van der Waals surface area contributed by atoms with Gasteiger partial charge in [-0.3, -0.25) is 9.36 Å². The van der Waals surface area contributed by atoms with Gasteiger partial charge in [-0.25, -0.2) is 14.3 Å². The second-order valence-corrected chi connectivity index (χ2v) is 8.80. The number of methoxy groups -OCH3 is 1. The van der Waals surface area contributed by atoms with E-state index in [1.54, 1.807) is 18.0 Å². The van der Waals surface area contributed by atoms with Crippen molar-refractivity contribution in [3.05, 3.63) is 86.3 Å². The second kappa shape index (κ2) is 8.95. The van der Waals surface area contributed by atoms with E-state index in [4.69, 9.17) is 9.47 Å². The summed E-state index contributed by atoms with van der Waals surface area (Å²) in [6, 6.07) is 13.6. The zero-order valence-electron chi connectivity index (χ0n) is 19.7. The highest BCUT2D eigenvalue weighted by Crippen LogP contribution is 2.22. The highest BCUT2D eigenvalue weighted by molar-refractivity contribution is 5.73. The molecule has 3 heterocycles. The van der Waals surface area contributed by atoms with E-state index in [2.05, 4.69) is 4.98 Å². The third-order valence-electron chi connectivity index (χ3n) is 6.49. The fourth-order valence-electron chi connectivity index (χ4n) is 4.74. The van der Waals surface area contributed by atoms with E-state index in [-0.39, 0.29) is 23.9 Å². The number of ether oxygens (including phenoxy) is 2. The molecule has 176 valence electrons. The van der Waals surface area contributed by atoms with Gasteiger partial charge in [0.15, 0.2) is 11.2 Å². The van der Waals surface area contributed by atoms with Gasteiger partial charge in [-0.1, -0.05) is 30.3 Å². The average Bonchev–Trinajstić information content (AvgIpc) is 3.49. The molecule has 0 unspecified atom stereocenters. The summed E-state index contributed by atoms with van der Waals surface area (Å²) in [4.78, 5) is 32.0. The first-order valence-electron chi connectivity index (χ1n) is 11.5. The van der Waals surface area contributed by atoms with Crippen molar-refractivity contribution in [1.82, 2.24) is 18.7 Å². The molecule has 1 aliphatic rings. The van der Waals surface area contributed by atoms with Gasteiger partial charge in [-0.05, 0) is 55.5 Å². The van der Waals surface area contributed by atoms with Gasteiger partial charge in [0.05, 0.1) is 31.8 Å². The molecule has 0 radical (unpaired) electrons. The van der Waals surface area contributed by atoms with Crippen LogP contribution in [0.3, 0.4) is 0 Å². The van der Waals surface area contributed by atoms with E-state index in [1.807, 2.05) is 60.9 Å². The van der Waals surface area contributed by atoms with E-state index >= 15 is 0 Å². The van der Waals surface area contributed by atoms with Crippen LogP contribution in [0.15, 0.2) is 58.4 Å². The summed E-state index contributed by atoms with van der Waals surface area (Å²) < 4.78 is 15.7. The fourth-order valence-corrected chi connectivity index (χ4v) is 4.74. The summed E-state index contributed by atoms with van der Waals surface area (Å²) in [5, 5.41) is 0. The van der Waals surface area contributed by atoms with Crippen LogP contribution < -0.4 is 16.0 Å². The van der Waals surface area contributed by atoms with Crippen molar-refractivity contribution < 1.29 is 9.47 Å². The smallest absolute Gasteiger partial charge is 0.337 e. The van der Waals surface area contributed by atoms with Crippen molar-refractivity contribution in [2.24, 2.45) is 0 Å². The number of benzene rings is 2. The van der Waals surface area contributed by atoms with Crippen LogP contribution in [0.25, 0.3) is 16.9 Å². The summed E-state index contributed by atoms with van der Waals surface area (Å²) in [6.07, 6.45) is 3.25. The first kappa shape index (κ1) is 22.2. The van der Waals surface area contributed by atoms with Gasteiger partial charge in [0, 0.05) is 13.2 Å². The Morgan fingerprint density at radius 3 is 2.47 bits per heavy atom. The average molecular weight is 461 g/mol. The largest absolute Gasteiger partial charge is 0.497 e. The van der Waals surface area contributed by atoms with Gasteiger partial charge >= 0.3 is 5.69 Å². The van der Waals surface area contributed by atoms with Crippen molar-refractivity contribution >= 4 is 11.2 Å². The normalized spacial score (nSPS) is 15.8. The third-order valence-corrected chi connectivity index (χ3v) is 6.49. The molecule has 2 aromatic carbocycles. The van der Waals surface area contributed by atoms with Crippen LogP contribution in [-0.2, 0) is 17.8 Å². The Morgan fingerprint density at radius 1 is 1.09 bits per heavy atom. The molecule has 1 saturated heterocycles. The number of hydrogen-bond acceptors (Lipinski definition) is 5. The van der Waals surface area contributed by atoms with E-state index in [1.165, 1.54) is 4.57 Å². The van der Waals surface area contributed by atoms with E-state index in [0.29, 0.717) is 24.3 Å². The van der Waals surface area contributed by atoms with Crippen LogP contribution in [0.4, 0.5) is 0 Å². The highest BCUT2D eigenvalue weighted by Gasteiger charge is 2.24. The molecular formula is C26H28N4O4. The predicted molar refractivity (Wildman–Crippen MR) is 130 cm³/mol. The number of rotatable bonds is 6. The Labute approximate surface area is 197 Å². The Bertz CT molecular complexity index is 1440. The van der Waals surface area contributed by atoms with Crippen LogP contribution in [0.5, 0.6) is 5.75 Å². The number of aromatic nitrogens is 4. The predicted octanol–water partition coefficient (Wildman–Crippen LogP) is 3.20. The molecule has 0 bridgehead atoms. The Hall–Kier alpha value is -3.65. The van der Waals surface area contributed by atoms with E-state index in [9.17, 15) is 9.59 Å². The highest BCUT2D eigenvalue weighted by atomic mass is 16.5. The van der Waals surface area contributed by atoms with Gasteiger partial charge in [0.1, 0.15) is 5.75 Å². The van der Waals surface area contributed by atoms with Gasteiger partial charge in [-0.15, -0.1) is 0 Å². The van der Waals surface area contributed by atoms with Crippen LogP contribution in [0, 0.1) is 13.8 Å². The molecule has 2 aromatic heterocycles. The number of aryl methyl sites for hydroxylation is 2. The maximum absolute atomic E-state index is 13.7. The maximum Gasteiger partial charge on any atom is 0.337 e. The van der Waals surface area contributed by atoms with Crippen LogP contribution in [0.2, 0.25) is 0 Å². The van der Waals surface area contributed by atoms with E-state index in [0.717, 1.165) is 41.0 Å². The number of hydrogen-bond donors (Lipinski definition) is 0. The number of nitrogens with zero attached hydrogens (tertiary/aromatic N) is 4. The van der Waals surface area contributed by atoms with Crippen molar-refractivity contribution in [1.29, 1.82) is 0 Å². The summed E-state index contributed by atoms with van der Waals surface area (Å²) in [6.45, 7) is 5.25. The molecular weight excluding hydrogens is 432 g/mol. The Balaban J connectivity index is 1.73. The van der Waals surface area contributed by atoms with Crippen molar-refractivity contribution in [3.8, 4) is 11.4 Å². The quantitative estimate of drug-likeness (QED) is 0.442. The minimum atomic E-state index is -0.389. The van der Waals surface area contributed by atoms with Crippen molar-refractivity contribution in [3.63, 3.8) is 0 Å². The topological polar surface area (TPSA) is 80.3 Å². The molecule has 1 aliphatic heterocycles. The number of fused-ring (bicyclic) bond motifs is 1. The number of para-hydroxylation sites is 1. The van der Waals surface area contributed by atoms with Crippen LogP contribution in [-0.4, -0.2) is 38.5 Å². The number of imidazole rings is 1. The monoisotopic (exact) mass is 460 g/mol. The fraction of sp³-hybridized carbons (Fsp3) is 0.346. The van der Waals surface area contributed by atoms with Crippen molar-refractivity contribution in [2.45, 2.75) is 45.9 Å². The van der Waals surface area contributed by atoms with Crippen molar-refractivity contribution in [2.75, 3.05) is 13.7 Å². The first-order chi connectivity index (χ1) is 16.5. The van der Waals surface area contributed by atoms with Crippen LogP contribution >= 0.6 is 0 Å². The zero-order chi connectivity index (χ0) is 23.8. The lowest BCUT2D eigenvalue weighted by molar-refractivity contribution is 0.0950. The van der Waals surface area contributed by atoms with E-state index < -0.39 is 0 Å². The molecule has 0 saturated carbocycles. The minimum absolute atomic E-state index is 0.146. The Morgan fingerprint density at radius 2 is 1.82 bits per heavy atom. The summed E-state index contributed by atoms with van der Waals surface area (Å²) >= 11 is 0. The molecule has 0 aliphatic carbocycles. The molecule has 1 atom stereocenters. The minimum Gasteiger partial charge on any atom is -0.497 e. The SMILES string of the molecule is COc1ccc(Cn2cnc3c2c(=O)n(C[C@H]2CCCO2)c(=O)n3-c2c(C)cccc2C)cc1. The lowest BCUT2D eigenvalue weighted by Gasteiger charge is -2.17. The molecule has 8 nitrogen and oxygen atoms in total. The summed E-state index contributed by atoms with van der Waals surface area (Å²) in [5.74, 6) is 0.766.